The molecule has 58 heavy (non-hydrogen) atoms. The van der Waals surface area contributed by atoms with Crippen LogP contribution in [0.15, 0.2) is 60.8 Å². The highest BCUT2D eigenvalue weighted by Gasteiger charge is 2.45. The number of H-pyrrole nitrogens is 1. The second kappa shape index (κ2) is 16.6. The number of carbonyl (C=O) groups excluding carboxylic acids is 6. The van der Waals surface area contributed by atoms with E-state index in [0.717, 1.165) is 58.6 Å². The number of nitrogens with zero attached hydrogens (tertiary/aromatic N) is 5. The molecule has 0 spiro atoms. The minimum atomic E-state index is -1.02. The summed E-state index contributed by atoms with van der Waals surface area (Å²) in [4.78, 5) is 87.7. The Morgan fingerprint density at radius 2 is 1.83 bits per heavy atom. The fraction of sp³-hybridized carbons (Fsp3) is 0.381. The third kappa shape index (κ3) is 8.05. The SMILES string of the molecule is CC1CCCN1Cc1nc2cc(NC(=O)c3ccc4c(cnn4CCNC(=O)CCCCCNc4cccc5c4C(=O)N(C4CCC(=O)NC4=O)C5=O)c3)ccc2[nH]1. The number of imide groups is 2. The van der Waals surface area contributed by atoms with Gasteiger partial charge in [-0.3, -0.25) is 48.6 Å². The number of anilines is 2. The summed E-state index contributed by atoms with van der Waals surface area (Å²) < 4.78 is 1.80. The first-order chi connectivity index (χ1) is 28.1. The van der Waals surface area contributed by atoms with E-state index in [1.165, 1.54) is 12.8 Å². The van der Waals surface area contributed by atoms with Crippen LogP contribution in [0, 0.1) is 0 Å². The predicted molar refractivity (Wildman–Crippen MR) is 216 cm³/mol. The summed E-state index contributed by atoms with van der Waals surface area (Å²) in [6, 6.07) is 15.6. The van der Waals surface area contributed by atoms with Gasteiger partial charge in [0.1, 0.15) is 11.9 Å². The minimum Gasteiger partial charge on any atom is -0.384 e. The molecule has 300 valence electrons. The lowest BCUT2D eigenvalue weighted by Crippen LogP contribution is -2.54. The second-order valence-electron chi connectivity index (χ2n) is 15.2. The van der Waals surface area contributed by atoms with E-state index < -0.39 is 29.7 Å². The lowest BCUT2D eigenvalue weighted by atomic mass is 10.0. The van der Waals surface area contributed by atoms with Crippen LogP contribution in [-0.4, -0.2) is 96.7 Å². The molecule has 16 heteroatoms. The van der Waals surface area contributed by atoms with Crippen LogP contribution in [0.1, 0.15) is 95.2 Å². The van der Waals surface area contributed by atoms with Crippen LogP contribution in [0.25, 0.3) is 21.9 Å². The molecule has 2 fully saturated rings. The number of benzene rings is 3. The van der Waals surface area contributed by atoms with Crippen molar-refractivity contribution in [3.8, 4) is 0 Å². The van der Waals surface area contributed by atoms with Crippen molar-refractivity contribution in [2.24, 2.45) is 0 Å². The molecule has 2 saturated heterocycles. The van der Waals surface area contributed by atoms with Gasteiger partial charge in [-0.25, -0.2) is 4.98 Å². The zero-order valence-corrected chi connectivity index (χ0v) is 32.3. The van der Waals surface area contributed by atoms with Crippen molar-refractivity contribution in [2.75, 3.05) is 30.3 Å². The van der Waals surface area contributed by atoms with Gasteiger partial charge in [0, 0.05) is 54.3 Å². The predicted octanol–water partition coefficient (Wildman–Crippen LogP) is 4.34. The summed E-state index contributed by atoms with van der Waals surface area (Å²) in [5, 5.41) is 16.7. The molecule has 0 radical (unpaired) electrons. The van der Waals surface area contributed by atoms with Crippen LogP contribution in [-0.2, 0) is 27.5 Å². The normalized spacial score (nSPS) is 18.3. The van der Waals surface area contributed by atoms with E-state index in [0.29, 0.717) is 55.5 Å². The van der Waals surface area contributed by atoms with Crippen molar-refractivity contribution in [3.63, 3.8) is 0 Å². The van der Waals surface area contributed by atoms with Gasteiger partial charge in [-0.1, -0.05) is 12.5 Å². The molecule has 6 amide bonds. The highest BCUT2D eigenvalue weighted by molar-refractivity contribution is 6.25. The number of piperidine rings is 1. The largest absolute Gasteiger partial charge is 0.384 e. The number of aromatic amines is 1. The Labute approximate surface area is 334 Å². The maximum atomic E-state index is 13.3. The van der Waals surface area contributed by atoms with Crippen molar-refractivity contribution in [2.45, 2.75) is 83.5 Å². The Morgan fingerprint density at radius 3 is 2.66 bits per heavy atom. The molecule has 5 heterocycles. The number of rotatable bonds is 15. The summed E-state index contributed by atoms with van der Waals surface area (Å²) in [5.41, 5.74) is 4.74. The number of hydrogen-bond acceptors (Lipinski definition) is 10. The standard InChI is InChI=1S/C42H46N10O6/c1-25-7-6-19-50(25)24-35-47-30-13-12-28(22-32(30)48-35)46-39(55)26-11-14-33-27(21-26)23-45-51(33)20-18-44-36(53)10-3-2-4-17-43-31-9-5-8-29-38(31)42(58)52(41(29)57)34-15-16-37(54)49-40(34)56/h5,8-9,11-14,21-23,25,34,43H,2-4,6-7,10,15-20,24H2,1H3,(H,44,53)(H,46,55)(H,47,48)(H,49,54,56). The Balaban J connectivity index is 0.754. The third-order valence-corrected chi connectivity index (χ3v) is 11.2. The van der Waals surface area contributed by atoms with E-state index in [4.69, 9.17) is 4.98 Å². The monoisotopic (exact) mass is 786 g/mol. The van der Waals surface area contributed by atoms with Crippen molar-refractivity contribution < 1.29 is 28.8 Å². The Hall–Kier alpha value is -6.42. The molecular formula is C42H46N10O6. The molecule has 5 aromatic rings. The summed E-state index contributed by atoms with van der Waals surface area (Å²) in [6.45, 7) is 5.50. The van der Waals surface area contributed by atoms with Crippen LogP contribution >= 0.6 is 0 Å². The van der Waals surface area contributed by atoms with Gasteiger partial charge in [0.05, 0.1) is 47.0 Å². The first-order valence-electron chi connectivity index (χ1n) is 20.0. The molecule has 5 N–H and O–H groups in total. The fourth-order valence-electron chi connectivity index (χ4n) is 8.10. The van der Waals surface area contributed by atoms with Crippen molar-refractivity contribution in [1.82, 2.24) is 40.2 Å². The number of carbonyl (C=O) groups is 6. The van der Waals surface area contributed by atoms with Gasteiger partial charge in [0.15, 0.2) is 0 Å². The first kappa shape index (κ1) is 38.5. The molecule has 0 aliphatic carbocycles. The van der Waals surface area contributed by atoms with Crippen molar-refractivity contribution >= 4 is 68.8 Å². The number of fused-ring (bicyclic) bond motifs is 3. The zero-order valence-electron chi connectivity index (χ0n) is 32.3. The lowest BCUT2D eigenvalue weighted by molar-refractivity contribution is -0.136. The highest BCUT2D eigenvalue weighted by atomic mass is 16.2. The average Bonchev–Trinajstić information content (AvgIpc) is 3.98. The smallest absolute Gasteiger partial charge is 0.264 e. The van der Waals surface area contributed by atoms with Gasteiger partial charge < -0.3 is 20.9 Å². The van der Waals surface area contributed by atoms with Gasteiger partial charge in [-0.05, 0) is 94.1 Å². The van der Waals surface area contributed by atoms with Crippen LogP contribution in [0.2, 0.25) is 0 Å². The van der Waals surface area contributed by atoms with E-state index in [-0.39, 0.29) is 35.8 Å². The first-order valence-corrected chi connectivity index (χ1v) is 20.0. The van der Waals surface area contributed by atoms with Crippen molar-refractivity contribution in [3.05, 3.63) is 83.3 Å². The van der Waals surface area contributed by atoms with Crippen LogP contribution in [0.5, 0.6) is 0 Å². The maximum Gasteiger partial charge on any atom is 0.264 e. The fourth-order valence-corrected chi connectivity index (χ4v) is 8.10. The minimum absolute atomic E-state index is 0.0599. The van der Waals surface area contributed by atoms with Gasteiger partial charge >= 0.3 is 0 Å². The topological polar surface area (TPSA) is 204 Å². The maximum absolute atomic E-state index is 13.3. The summed E-state index contributed by atoms with van der Waals surface area (Å²) in [7, 11) is 0. The summed E-state index contributed by atoms with van der Waals surface area (Å²) >= 11 is 0. The zero-order chi connectivity index (χ0) is 40.3. The van der Waals surface area contributed by atoms with E-state index in [1.807, 2.05) is 30.3 Å². The summed E-state index contributed by atoms with van der Waals surface area (Å²) in [5.74, 6) is -1.53. The van der Waals surface area contributed by atoms with Crippen LogP contribution < -0.4 is 21.3 Å². The number of unbranched alkanes of at least 4 members (excludes halogenated alkanes) is 2. The summed E-state index contributed by atoms with van der Waals surface area (Å²) in [6.07, 6.45) is 6.82. The molecule has 0 bridgehead atoms. The number of likely N-dealkylation sites (tertiary alicyclic amines) is 1. The molecule has 2 aromatic heterocycles. The molecule has 3 aliphatic heterocycles. The molecular weight excluding hydrogens is 741 g/mol. The number of aromatic nitrogens is 4. The Kier molecular flexibility index (Phi) is 11.0. The van der Waals surface area contributed by atoms with E-state index in [1.54, 1.807) is 35.1 Å². The highest BCUT2D eigenvalue weighted by Crippen LogP contribution is 2.32. The van der Waals surface area contributed by atoms with Crippen LogP contribution in [0.3, 0.4) is 0 Å². The van der Waals surface area contributed by atoms with Crippen LogP contribution in [0.4, 0.5) is 11.4 Å². The molecule has 2 unspecified atom stereocenters. The molecule has 3 aliphatic rings. The van der Waals surface area contributed by atoms with E-state index in [2.05, 4.69) is 43.2 Å². The number of nitrogens with one attached hydrogen (secondary N) is 5. The molecule has 2 atom stereocenters. The average molecular weight is 787 g/mol. The Bertz CT molecular complexity index is 2440. The third-order valence-electron chi connectivity index (χ3n) is 11.2. The van der Waals surface area contributed by atoms with Gasteiger partial charge in [0.2, 0.25) is 17.7 Å². The van der Waals surface area contributed by atoms with Crippen molar-refractivity contribution in [1.29, 1.82) is 0 Å². The van der Waals surface area contributed by atoms with Gasteiger partial charge in [0.25, 0.3) is 17.7 Å². The Morgan fingerprint density at radius 1 is 0.948 bits per heavy atom. The number of amides is 6. The van der Waals surface area contributed by atoms with E-state index >= 15 is 0 Å². The van der Waals surface area contributed by atoms with E-state index in [9.17, 15) is 28.8 Å². The van der Waals surface area contributed by atoms with Gasteiger partial charge in [-0.2, -0.15) is 5.10 Å². The molecule has 3 aromatic carbocycles. The molecule has 0 saturated carbocycles. The number of imidazole rings is 1. The lowest BCUT2D eigenvalue weighted by Gasteiger charge is -2.27. The quantitative estimate of drug-likeness (QED) is 0.0751. The van der Waals surface area contributed by atoms with Gasteiger partial charge in [-0.15, -0.1) is 0 Å². The molecule has 8 rings (SSSR count). The number of hydrogen-bond donors (Lipinski definition) is 5. The second-order valence-corrected chi connectivity index (χ2v) is 15.2. The molecule has 16 nitrogen and oxygen atoms in total.